The van der Waals surface area contributed by atoms with E-state index in [0.29, 0.717) is 18.8 Å². The molecule has 8 heteroatoms. The predicted octanol–water partition coefficient (Wildman–Crippen LogP) is 2.84. The fraction of sp³-hybridized carbons (Fsp3) is 0.429. The molecule has 29 heavy (non-hydrogen) atoms. The van der Waals surface area contributed by atoms with Crippen molar-refractivity contribution in [2.24, 2.45) is 0 Å². The van der Waals surface area contributed by atoms with Crippen LogP contribution in [-0.4, -0.2) is 33.3 Å². The van der Waals surface area contributed by atoms with Crippen molar-refractivity contribution in [3.05, 3.63) is 57.0 Å². The largest absolute Gasteiger partial charge is 0.376 e. The van der Waals surface area contributed by atoms with E-state index in [2.05, 4.69) is 15.4 Å². The van der Waals surface area contributed by atoms with Crippen LogP contribution in [0.15, 0.2) is 34.6 Å². The minimum atomic E-state index is -0.0559. The highest BCUT2D eigenvalue weighted by Gasteiger charge is 2.26. The third kappa shape index (κ3) is 3.70. The summed E-state index contributed by atoms with van der Waals surface area (Å²) < 4.78 is 8.08. The Hall–Kier alpha value is -2.58. The minimum absolute atomic E-state index is 0.0483. The van der Waals surface area contributed by atoms with Gasteiger partial charge in [0.1, 0.15) is 0 Å². The van der Waals surface area contributed by atoms with Crippen molar-refractivity contribution < 1.29 is 9.53 Å². The van der Waals surface area contributed by atoms with Gasteiger partial charge in [-0.15, -0.1) is 11.3 Å². The number of carbonyl (C=O) groups excluding carboxylic acids is 1. The van der Waals surface area contributed by atoms with E-state index in [1.165, 1.54) is 11.3 Å². The van der Waals surface area contributed by atoms with Crippen LogP contribution in [0.1, 0.15) is 53.3 Å². The van der Waals surface area contributed by atoms with Gasteiger partial charge in [-0.2, -0.15) is 5.10 Å². The first-order valence-electron chi connectivity index (χ1n) is 10.0. The van der Waals surface area contributed by atoms with Crippen LogP contribution in [0.2, 0.25) is 0 Å². The maximum atomic E-state index is 12.6. The monoisotopic (exact) mass is 410 g/mol. The van der Waals surface area contributed by atoms with Crippen LogP contribution < -0.4 is 10.9 Å². The van der Waals surface area contributed by atoms with Gasteiger partial charge in [-0.05, 0) is 43.9 Å². The highest BCUT2D eigenvalue weighted by molar-refractivity contribution is 7.16. The number of thiazole rings is 1. The van der Waals surface area contributed by atoms with Crippen LogP contribution in [0.5, 0.6) is 0 Å². The number of hydrogen-bond donors (Lipinski definition) is 1. The quantitative estimate of drug-likeness (QED) is 0.718. The number of aromatic nitrogens is 3. The Labute approximate surface area is 171 Å². The van der Waals surface area contributed by atoms with Crippen molar-refractivity contribution in [2.45, 2.75) is 50.8 Å². The molecule has 1 aliphatic heterocycles. The van der Waals surface area contributed by atoms with Gasteiger partial charge in [0.2, 0.25) is 0 Å². The second-order valence-electron chi connectivity index (χ2n) is 7.72. The average Bonchev–Trinajstić information content (AvgIpc) is 3.22. The summed E-state index contributed by atoms with van der Waals surface area (Å²) in [5.41, 5.74) is 5.21. The Morgan fingerprint density at radius 1 is 1.21 bits per heavy atom. The zero-order chi connectivity index (χ0) is 19.8. The number of rotatable bonds is 3. The van der Waals surface area contributed by atoms with Crippen molar-refractivity contribution >= 4 is 27.5 Å². The predicted molar refractivity (Wildman–Crippen MR) is 110 cm³/mol. The fourth-order valence-electron chi connectivity index (χ4n) is 4.22. The zero-order valence-electron chi connectivity index (χ0n) is 16.0. The number of benzene rings is 1. The molecule has 3 aromatic rings. The lowest BCUT2D eigenvalue weighted by atomic mass is 9.91. The van der Waals surface area contributed by atoms with Gasteiger partial charge >= 0.3 is 0 Å². The number of hydrogen-bond acceptors (Lipinski definition) is 6. The molecule has 0 atom stereocenters. The lowest BCUT2D eigenvalue weighted by molar-refractivity contribution is 0.0920. The van der Waals surface area contributed by atoms with E-state index in [-0.39, 0.29) is 23.6 Å². The summed E-state index contributed by atoms with van der Waals surface area (Å²) >= 11 is 1.54. The summed E-state index contributed by atoms with van der Waals surface area (Å²) in [6, 6.07) is 7.49. The van der Waals surface area contributed by atoms with Crippen molar-refractivity contribution in [1.29, 1.82) is 0 Å². The third-order valence-electron chi connectivity index (χ3n) is 5.83. The number of nitrogens with one attached hydrogen (secondary N) is 1. The summed E-state index contributed by atoms with van der Waals surface area (Å²) in [6.45, 7) is 1.13. The van der Waals surface area contributed by atoms with Gasteiger partial charge in [0.15, 0.2) is 0 Å². The molecule has 3 heterocycles. The Kier molecular flexibility index (Phi) is 4.89. The van der Waals surface area contributed by atoms with Gasteiger partial charge in [0, 0.05) is 29.7 Å². The van der Waals surface area contributed by atoms with Gasteiger partial charge < -0.3 is 10.1 Å². The first-order valence-corrected chi connectivity index (χ1v) is 10.9. The van der Waals surface area contributed by atoms with Crippen LogP contribution >= 0.6 is 11.3 Å². The molecule has 1 N–H and O–H groups in total. The molecule has 0 saturated heterocycles. The topological polar surface area (TPSA) is 86.1 Å². The van der Waals surface area contributed by atoms with E-state index in [1.807, 2.05) is 18.2 Å². The Balaban J connectivity index is 1.23. The average molecular weight is 410 g/mol. The SMILES string of the molecule is O=C(NC1CCC(n2nc3c(cc2=O)COCC3)CC1)c1ccc2ncsc2c1. The second kappa shape index (κ2) is 7.68. The number of ether oxygens (including phenoxy) is 1. The third-order valence-corrected chi connectivity index (χ3v) is 6.63. The van der Waals surface area contributed by atoms with Gasteiger partial charge in [-0.3, -0.25) is 9.59 Å². The van der Waals surface area contributed by atoms with E-state index in [1.54, 1.807) is 16.3 Å². The highest BCUT2D eigenvalue weighted by atomic mass is 32.1. The van der Waals surface area contributed by atoms with Gasteiger partial charge in [-0.1, -0.05) is 0 Å². The molecule has 0 bridgehead atoms. The molecule has 0 radical (unpaired) electrons. The van der Waals surface area contributed by atoms with Gasteiger partial charge in [0.25, 0.3) is 11.5 Å². The normalized spacial score (nSPS) is 21.7. The molecule has 1 amide bonds. The molecule has 5 rings (SSSR count). The van der Waals surface area contributed by atoms with Crippen LogP contribution in [0, 0.1) is 0 Å². The van der Waals surface area contributed by atoms with Crippen molar-refractivity contribution in [3.8, 4) is 0 Å². The van der Waals surface area contributed by atoms with Crippen LogP contribution in [0.4, 0.5) is 0 Å². The number of carbonyl (C=O) groups is 1. The maximum absolute atomic E-state index is 12.6. The van der Waals surface area contributed by atoms with Crippen LogP contribution in [0.25, 0.3) is 10.2 Å². The fourth-order valence-corrected chi connectivity index (χ4v) is 4.94. The molecule has 1 aliphatic carbocycles. The molecular weight excluding hydrogens is 388 g/mol. The molecule has 0 unspecified atom stereocenters. The maximum Gasteiger partial charge on any atom is 0.267 e. The molecule has 1 aromatic carbocycles. The first-order chi connectivity index (χ1) is 14.2. The molecule has 0 spiro atoms. The first kappa shape index (κ1) is 18.4. The van der Waals surface area contributed by atoms with E-state index in [9.17, 15) is 9.59 Å². The molecule has 7 nitrogen and oxygen atoms in total. The molecule has 1 saturated carbocycles. The molecule has 2 aliphatic rings. The van der Waals surface area contributed by atoms with Crippen molar-refractivity contribution in [3.63, 3.8) is 0 Å². The number of nitrogens with zero attached hydrogens (tertiary/aromatic N) is 3. The van der Waals surface area contributed by atoms with Crippen molar-refractivity contribution in [2.75, 3.05) is 6.61 Å². The number of amides is 1. The van der Waals surface area contributed by atoms with Crippen molar-refractivity contribution in [1.82, 2.24) is 20.1 Å². The minimum Gasteiger partial charge on any atom is -0.376 e. The molecular formula is C21H22N4O3S. The summed E-state index contributed by atoms with van der Waals surface area (Å²) in [4.78, 5) is 29.4. The van der Waals surface area contributed by atoms with E-state index < -0.39 is 0 Å². The van der Waals surface area contributed by atoms with Gasteiger partial charge in [-0.25, -0.2) is 9.67 Å². The summed E-state index contributed by atoms with van der Waals surface area (Å²) in [7, 11) is 0. The standard InChI is InChI=1S/C21H22N4O3S/c26-20-10-14-11-28-8-7-17(14)24-25(20)16-4-2-15(3-5-16)23-21(27)13-1-6-18-19(9-13)29-12-22-18/h1,6,9-10,12,15-16H,2-5,7-8,11H2,(H,23,27). The number of fused-ring (bicyclic) bond motifs is 2. The Morgan fingerprint density at radius 2 is 2.07 bits per heavy atom. The second-order valence-corrected chi connectivity index (χ2v) is 8.60. The molecule has 1 fully saturated rings. The zero-order valence-corrected chi connectivity index (χ0v) is 16.8. The van der Waals surface area contributed by atoms with Gasteiger partial charge in [0.05, 0.1) is 40.7 Å². The summed E-state index contributed by atoms with van der Waals surface area (Å²) in [5, 5.41) is 7.78. The van der Waals surface area contributed by atoms with E-state index in [0.717, 1.165) is 53.6 Å². The summed E-state index contributed by atoms with van der Waals surface area (Å²) in [6.07, 6.45) is 4.11. The van der Waals surface area contributed by atoms with E-state index >= 15 is 0 Å². The lowest BCUT2D eigenvalue weighted by Gasteiger charge is -2.30. The Bertz CT molecular complexity index is 1110. The Morgan fingerprint density at radius 3 is 2.93 bits per heavy atom. The summed E-state index contributed by atoms with van der Waals surface area (Å²) in [5.74, 6) is -0.0483. The van der Waals surface area contributed by atoms with E-state index in [4.69, 9.17) is 4.74 Å². The molecule has 150 valence electrons. The molecule has 2 aromatic heterocycles. The van der Waals surface area contributed by atoms with Crippen LogP contribution in [-0.2, 0) is 17.8 Å². The highest BCUT2D eigenvalue weighted by Crippen LogP contribution is 2.28. The van der Waals surface area contributed by atoms with Crippen LogP contribution in [0.3, 0.4) is 0 Å². The lowest BCUT2D eigenvalue weighted by Crippen LogP contribution is -2.40. The smallest absolute Gasteiger partial charge is 0.267 e.